The van der Waals surface area contributed by atoms with Crippen LogP contribution in [-0.2, 0) is 11.2 Å². The van der Waals surface area contributed by atoms with E-state index in [0.29, 0.717) is 30.3 Å². The zero-order valence-electron chi connectivity index (χ0n) is 13.4. The summed E-state index contributed by atoms with van der Waals surface area (Å²) in [6.07, 6.45) is 0.724. The molecule has 1 aliphatic rings. The molecule has 0 unspecified atom stereocenters. The molecule has 1 aliphatic heterocycles. The van der Waals surface area contributed by atoms with Crippen LogP contribution in [0.25, 0.3) is 0 Å². The Hall–Kier alpha value is -1.70. The molecule has 1 saturated heterocycles. The second kappa shape index (κ2) is 7.92. The molecule has 0 N–H and O–H groups in total. The highest BCUT2D eigenvalue weighted by atomic mass is 35.5. The number of amides is 1. The lowest BCUT2D eigenvalue weighted by atomic mass is 10.2. The molecule has 0 saturated carbocycles. The van der Waals surface area contributed by atoms with Crippen LogP contribution in [0.1, 0.15) is 16.2 Å². The van der Waals surface area contributed by atoms with Crippen LogP contribution < -0.4 is 4.90 Å². The summed E-state index contributed by atoms with van der Waals surface area (Å²) in [5.74, 6) is 0.862. The van der Waals surface area contributed by atoms with Crippen molar-refractivity contribution in [3.63, 3.8) is 0 Å². The Morgan fingerprint density at radius 2 is 1.96 bits per heavy atom. The number of nitrogens with zero attached hydrogens (tertiary/aromatic N) is 4. The van der Waals surface area contributed by atoms with Crippen molar-refractivity contribution in [2.45, 2.75) is 6.42 Å². The van der Waals surface area contributed by atoms with E-state index in [1.54, 1.807) is 31.4 Å². The fourth-order valence-corrected chi connectivity index (χ4v) is 3.43. The molecule has 128 valence electrons. The highest BCUT2D eigenvalue weighted by Gasteiger charge is 2.24. The molecule has 3 rings (SSSR count). The van der Waals surface area contributed by atoms with Crippen molar-refractivity contribution in [3.8, 4) is 0 Å². The molecule has 1 fully saturated rings. The summed E-state index contributed by atoms with van der Waals surface area (Å²) in [5, 5.41) is 1.55. The van der Waals surface area contributed by atoms with Gasteiger partial charge >= 0.3 is 0 Å². The zero-order chi connectivity index (χ0) is 16.9. The molecule has 1 aromatic carbocycles. The standard InChI is InChI=1S/C16H19ClN4O2S/c1-23-11-6-14-18-16(24-19-14)21-9-7-20(8-10-21)15(22)12-2-4-13(17)5-3-12/h2-5H,6-11H2,1H3. The molecule has 0 aliphatic carbocycles. The van der Waals surface area contributed by atoms with Crippen LogP contribution in [0.15, 0.2) is 24.3 Å². The lowest BCUT2D eigenvalue weighted by Gasteiger charge is -2.34. The van der Waals surface area contributed by atoms with Crippen molar-refractivity contribution >= 4 is 34.2 Å². The minimum atomic E-state index is 0.0457. The van der Waals surface area contributed by atoms with E-state index in [0.717, 1.165) is 30.5 Å². The number of aromatic nitrogens is 2. The van der Waals surface area contributed by atoms with Gasteiger partial charge in [0.05, 0.1) is 6.61 Å². The maximum Gasteiger partial charge on any atom is 0.253 e. The number of methoxy groups -OCH3 is 1. The maximum absolute atomic E-state index is 12.5. The normalized spacial score (nSPS) is 14.9. The molecule has 2 heterocycles. The van der Waals surface area contributed by atoms with Gasteiger partial charge in [0.25, 0.3) is 5.91 Å². The second-order valence-electron chi connectivity index (χ2n) is 5.52. The molecule has 24 heavy (non-hydrogen) atoms. The van der Waals surface area contributed by atoms with Gasteiger partial charge < -0.3 is 14.5 Å². The Bertz CT molecular complexity index is 684. The van der Waals surface area contributed by atoms with Crippen molar-refractivity contribution in [2.75, 3.05) is 44.8 Å². The number of piperazine rings is 1. The predicted molar refractivity (Wildman–Crippen MR) is 95.1 cm³/mol. The molecule has 0 radical (unpaired) electrons. The molecule has 8 heteroatoms. The smallest absolute Gasteiger partial charge is 0.253 e. The lowest BCUT2D eigenvalue weighted by molar-refractivity contribution is 0.0747. The Morgan fingerprint density at radius 3 is 2.62 bits per heavy atom. The summed E-state index contributed by atoms with van der Waals surface area (Å²) in [4.78, 5) is 21.1. The van der Waals surface area contributed by atoms with E-state index in [1.165, 1.54) is 11.5 Å². The number of halogens is 1. The van der Waals surface area contributed by atoms with Crippen molar-refractivity contribution < 1.29 is 9.53 Å². The summed E-state index contributed by atoms with van der Waals surface area (Å²) in [6, 6.07) is 7.02. The second-order valence-corrected chi connectivity index (χ2v) is 6.69. The van der Waals surface area contributed by atoms with E-state index in [2.05, 4.69) is 14.3 Å². The number of hydrogen-bond donors (Lipinski definition) is 0. The average Bonchev–Trinajstić information content (AvgIpc) is 3.09. The number of ether oxygens (including phenoxy) is 1. The van der Waals surface area contributed by atoms with Gasteiger partial charge in [-0.05, 0) is 24.3 Å². The van der Waals surface area contributed by atoms with Crippen LogP contribution in [-0.4, -0.2) is 60.1 Å². The minimum Gasteiger partial charge on any atom is -0.384 e. The summed E-state index contributed by atoms with van der Waals surface area (Å²) in [5.41, 5.74) is 0.672. The number of carbonyl (C=O) groups excluding carboxylic acids is 1. The number of anilines is 1. The topological polar surface area (TPSA) is 58.6 Å². The molecule has 2 aromatic rings. The molecular weight excluding hydrogens is 348 g/mol. The van der Waals surface area contributed by atoms with Crippen LogP contribution in [0.5, 0.6) is 0 Å². The molecule has 6 nitrogen and oxygen atoms in total. The summed E-state index contributed by atoms with van der Waals surface area (Å²) in [7, 11) is 1.67. The van der Waals surface area contributed by atoms with Crippen LogP contribution in [0.3, 0.4) is 0 Å². The number of carbonyl (C=O) groups is 1. The minimum absolute atomic E-state index is 0.0457. The van der Waals surface area contributed by atoms with Gasteiger partial charge in [0, 0.05) is 61.8 Å². The van der Waals surface area contributed by atoms with Gasteiger partial charge in [-0.15, -0.1) is 0 Å². The first-order valence-electron chi connectivity index (χ1n) is 7.78. The van der Waals surface area contributed by atoms with Crippen LogP contribution in [0.2, 0.25) is 5.02 Å². The molecule has 0 atom stereocenters. The largest absolute Gasteiger partial charge is 0.384 e. The summed E-state index contributed by atoms with van der Waals surface area (Å²) >= 11 is 7.28. The van der Waals surface area contributed by atoms with Crippen LogP contribution >= 0.6 is 23.1 Å². The zero-order valence-corrected chi connectivity index (χ0v) is 15.0. The van der Waals surface area contributed by atoms with E-state index in [1.807, 2.05) is 4.90 Å². The fraction of sp³-hybridized carbons (Fsp3) is 0.438. The van der Waals surface area contributed by atoms with Gasteiger partial charge in [-0.25, -0.2) is 4.98 Å². The Balaban J connectivity index is 1.56. The van der Waals surface area contributed by atoms with Gasteiger partial charge in [-0.3, -0.25) is 4.79 Å². The first-order chi connectivity index (χ1) is 11.7. The third kappa shape index (κ3) is 4.03. The van der Waals surface area contributed by atoms with E-state index in [9.17, 15) is 4.79 Å². The van der Waals surface area contributed by atoms with Gasteiger partial charge in [-0.1, -0.05) is 11.6 Å². The van der Waals surface area contributed by atoms with Gasteiger partial charge in [0.15, 0.2) is 0 Å². The van der Waals surface area contributed by atoms with Crippen molar-refractivity contribution in [3.05, 3.63) is 40.7 Å². The first-order valence-corrected chi connectivity index (χ1v) is 8.94. The molecule has 0 spiro atoms. The van der Waals surface area contributed by atoms with E-state index >= 15 is 0 Å². The monoisotopic (exact) mass is 366 g/mol. The van der Waals surface area contributed by atoms with E-state index in [4.69, 9.17) is 16.3 Å². The van der Waals surface area contributed by atoms with Crippen molar-refractivity contribution in [2.24, 2.45) is 0 Å². The molecule has 1 aromatic heterocycles. The van der Waals surface area contributed by atoms with Gasteiger partial charge in [0.1, 0.15) is 5.82 Å². The van der Waals surface area contributed by atoms with Gasteiger partial charge in [-0.2, -0.15) is 4.37 Å². The van der Waals surface area contributed by atoms with Crippen molar-refractivity contribution in [1.29, 1.82) is 0 Å². The number of benzene rings is 1. The predicted octanol–water partition coefficient (Wildman–Crippen LogP) is 2.34. The highest BCUT2D eigenvalue weighted by Crippen LogP contribution is 2.20. The Labute approximate surface area is 150 Å². The summed E-state index contributed by atoms with van der Waals surface area (Å²) in [6.45, 7) is 3.50. The fourth-order valence-electron chi connectivity index (χ4n) is 2.54. The number of hydrogen-bond acceptors (Lipinski definition) is 6. The van der Waals surface area contributed by atoms with Gasteiger partial charge in [0.2, 0.25) is 5.13 Å². The van der Waals surface area contributed by atoms with Crippen LogP contribution in [0, 0.1) is 0 Å². The van der Waals surface area contributed by atoms with Crippen molar-refractivity contribution in [1.82, 2.24) is 14.3 Å². The maximum atomic E-state index is 12.5. The quantitative estimate of drug-likeness (QED) is 0.813. The molecule has 0 bridgehead atoms. The third-order valence-electron chi connectivity index (χ3n) is 3.92. The third-order valence-corrected chi connectivity index (χ3v) is 4.98. The number of rotatable bonds is 5. The Morgan fingerprint density at radius 1 is 1.25 bits per heavy atom. The van der Waals surface area contributed by atoms with E-state index in [-0.39, 0.29) is 5.91 Å². The molecular formula is C16H19ClN4O2S. The lowest BCUT2D eigenvalue weighted by Crippen LogP contribution is -2.48. The molecule has 1 amide bonds. The Kier molecular flexibility index (Phi) is 5.65. The van der Waals surface area contributed by atoms with Crippen LogP contribution in [0.4, 0.5) is 5.13 Å². The SMILES string of the molecule is COCCc1nsc(N2CCN(C(=O)c3ccc(Cl)cc3)CC2)n1. The average molecular weight is 367 g/mol. The summed E-state index contributed by atoms with van der Waals surface area (Å²) < 4.78 is 9.40. The first kappa shape index (κ1) is 17.1. The highest BCUT2D eigenvalue weighted by molar-refractivity contribution is 7.09. The van der Waals surface area contributed by atoms with E-state index < -0.39 is 0 Å².